The van der Waals surface area contributed by atoms with Crippen molar-refractivity contribution < 1.29 is 8.78 Å². The van der Waals surface area contributed by atoms with Gasteiger partial charge in [0, 0.05) is 0 Å². The summed E-state index contributed by atoms with van der Waals surface area (Å²) in [6, 6.07) is 4.53. The number of hydrogen-bond acceptors (Lipinski definition) is 0. The van der Waals surface area contributed by atoms with Gasteiger partial charge >= 0.3 is 0 Å². The van der Waals surface area contributed by atoms with Gasteiger partial charge in [0.2, 0.25) is 0 Å². The Morgan fingerprint density at radius 2 is 1.20 bits per heavy atom. The van der Waals surface area contributed by atoms with Gasteiger partial charge in [0.1, 0.15) is 0 Å². The summed E-state index contributed by atoms with van der Waals surface area (Å²) >= 11 is 0. The molecule has 3 fully saturated rings. The van der Waals surface area contributed by atoms with Crippen molar-refractivity contribution in [1.29, 1.82) is 0 Å². The van der Waals surface area contributed by atoms with Gasteiger partial charge in [0.25, 0.3) is 0 Å². The van der Waals surface area contributed by atoms with E-state index < -0.39 is 11.6 Å². The average Bonchev–Trinajstić information content (AvgIpc) is 2.78. The van der Waals surface area contributed by atoms with Crippen molar-refractivity contribution in [2.45, 2.75) is 109 Å². The van der Waals surface area contributed by atoms with Crippen LogP contribution in [-0.4, -0.2) is 0 Å². The summed E-state index contributed by atoms with van der Waals surface area (Å²) in [4.78, 5) is 0. The van der Waals surface area contributed by atoms with Crippen LogP contribution in [0.2, 0.25) is 0 Å². The van der Waals surface area contributed by atoms with Gasteiger partial charge in [-0.25, -0.2) is 8.78 Å². The smallest absolute Gasteiger partial charge is 0.159 e. The fourth-order valence-corrected chi connectivity index (χ4v) is 7.22. The van der Waals surface area contributed by atoms with Crippen molar-refractivity contribution in [3.63, 3.8) is 0 Å². The first-order chi connectivity index (χ1) is 14.6. The van der Waals surface area contributed by atoms with Crippen molar-refractivity contribution in [1.82, 2.24) is 0 Å². The van der Waals surface area contributed by atoms with E-state index in [1.807, 2.05) is 0 Å². The van der Waals surface area contributed by atoms with Gasteiger partial charge in [0.15, 0.2) is 11.6 Å². The van der Waals surface area contributed by atoms with Gasteiger partial charge in [0.05, 0.1) is 0 Å². The minimum absolute atomic E-state index is 0.426. The number of halogens is 2. The van der Waals surface area contributed by atoms with Crippen LogP contribution in [0.25, 0.3) is 0 Å². The van der Waals surface area contributed by atoms with Crippen LogP contribution in [0.5, 0.6) is 0 Å². The number of rotatable bonds is 6. The van der Waals surface area contributed by atoms with E-state index in [0.717, 1.165) is 48.0 Å². The second-order valence-corrected chi connectivity index (χ2v) is 11.0. The molecule has 0 saturated heterocycles. The van der Waals surface area contributed by atoms with Crippen LogP contribution in [0.15, 0.2) is 18.2 Å². The molecule has 0 heterocycles. The maximum absolute atomic E-state index is 13.6. The molecule has 0 amide bonds. The predicted molar refractivity (Wildman–Crippen MR) is 121 cm³/mol. The molecule has 0 radical (unpaired) electrons. The third kappa shape index (κ3) is 5.65. The summed E-state index contributed by atoms with van der Waals surface area (Å²) in [5.41, 5.74) is 1.00. The highest BCUT2D eigenvalue weighted by Gasteiger charge is 2.32. The Bertz CT molecular complexity index is 645. The summed E-state index contributed by atoms with van der Waals surface area (Å²) in [6.45, 7) is 2.33. The topological polar surface area (TPSA) is 0 Å². The lowest BCUT2D eigenvalue weighted by Gasteiger charge is -2.39. The molecule has 0 bridgehead atoms. The first-order valence-electron chi connectivity index (χ1n) is 13.1. The molecule has 0 aliphatic heterocycles. The summed E-state index contributed by atoms with van der Waals surface area (Å²) in [6.07, 6.45) is 21.0. The fraction of sp³-hybridized carbons (Fsp3) is 0.786. The molecule has 3 aliphatic rings. The van der Waals surface area contributed by atoms with Gasteiger partial charge < -0.3 is 0 Å². The molecule has 4 rings (SSSR count). The van der Waals surface area contributed by atoms with Crippen molar-refractivity contribution in [2.75, 3.05) is 0 Å². The molecule has 0 N–H and O–H groups in total. The lowest BCUT2D eigenvalue weighted by molar-refractivity contribution is 0.138. The maximum Gasteiger partial charge on any atom is 0.159 e. The Balaban J connectivity index is 1.17. The molecule has 0 spiro atoms. The molecule has 1 aromatic carbocycles. The van der Waals surface area contributed by atoms with E-state index in [-0.39, 0.29) is 0 Å². The molecule has 0 atom stereocenters. The highest BCUT2D eigenvalue weighted by Crippen LogP contribution is 2.46. The zero-order valence-corrected chi connectivity index (χ0v) is 19.1. The predicted octanol–water partition coefficient (Wildman–Crippen LogP) is 9.04. The largest absolute Gasteiger partial charge is 0.204 e. The van der Waals surface area contributed by atoms with E-state index in [1.54, 1.807) is 6.07 Å². The molecule has 3 saturated carbocycles. The molecule has 0 nitrogen and oxygen atoms in total. The standard InChI is InChI=1S/C28H42F2/c1-2-3-20-4-6-21(7-5-20)18-22-8-10-23(11-9-22)24-12-14-25(15-13-24)26-16-17-27(29)28(30)19-26/h16-17,19-25H,2-15,18H2,1H3. The zero-order valence-electron chi connectivity index (χ0n) is 19.1. The Morgan fingerprint density at radius 3 is 1.77 bits per heavy atom. The van der Waals surface area contributed by atoms with E-state index in [2.05, 4.69) is 6.92 Å². The summed E-state index contributed by atoms with van der Waals surface area (Å²) in [5, 5.41) is 0. The summed E-state index contributed by atoms with van der Waals surface area (Å²) in [5.74, 6) is 3.85. The third-order valence-corrected chi connectivity index (χ3v) is 9.07. The lowest BCUT2D eigenvalue weighted by atomic mass is 9.66. The molecule has 0 unspecified atom stereocenters. The molecular weight excluding hydrogens is 374 g/mol. The van der Waals surface area contributed by atoms with Crippen LogP contribution in [-0.2, 0) is 0 Å². The minimum Gasteiger partial charge on any atom is -0.204 e. The Morgan fingerprint density at radius 1 is 0.667 bits per heavy atom. The molecule has 30 heavy (non-hydrogen) atoms. The molecule has 168 valence electrons. The third-order valence-electron chi connectivity index (χ3n) is 9.07. The molecule has 3 aliphatic carbocycles. The first-order valence-corrected chi connectivity index (χ1v) is 13.1. The molecule has 0 aromatic heterocycles. The van der Waals surface area contributed by atoms with Crippen LogP contribution >= 0.6 is 0 Å². The second kappa shape index (κ2) is 10.6. The highest BCUT2D eigenvalue weighted by molar-refractivity contribution is 5.22. The summed E-state index contributed by atoms with van der Waals surface area (Å²) in [7, 11) is 0. The Hall–Kier alpha value is -0.920. The van der Waals surface area contributed by atoms with Crippen molar-refractivity contribution in [3.05, 3.63) is 35.4 Å². The average molecular weight is 417 g/mol. The van der Waals surface area contributed by atoms with Gasteiger partial charge in [-0.05, 0) is 98.1 Å². The van der Waals surface area contributed by atoms with E-state index >= 15 is 0 Å². The van der Waals surface area contributed by atoms with Crippen molar-refractivity contribution in [2.24, 2.45) is 29.6 Å². The maximum atomic E-state index is 13.6. The SMILES string of the molecule is CCCC1CCC(CC2CCC(C3CCC(c4ccc(F)c(F)c4)CC3)CC2)CC1. The van der Waals surface area contributed by atoms with Crippen LogP contribution in [0.4, 0.5) is 8.78 Å². The Kier molecular flexibility index (Phi) is 7.87. The number of hydrogen-bond donors (Lipinski definition) is 0. The van der Waals surface area contributed by atoms with E-state index in [9.17, 15) is 8.78 Å². The van der Waals surface area contributed by atoms with Crippen LogP contribution in [0.3, 0.4) is 0 Å². The minimum atomic E-state index is -0.724. The van der Waals surface area contributed by atoms with Gasteiger partial charge in [-0.15, -0.1) is 0 Å². The van der Waals surface area contributed by atoms with Gasteiger partial charge in [-0.3, -0.25) is 0 Å². The fourth-order valence-electron chi connectivity index (χ4n) is 7.22. The van der Waals surface area contributed by atoms with E-state index in [1.165, 1.54) is 95.6 Å². The number of benzene rings is 1. The summed E-state index contributed by atoms with van der Waals surface area (Å²) < 4.78 is 26.8. The first kappa shape index (κ1) is 22.3. The van der Waals surface area contributed by atoms with Crippen molar-refractivity contribution in [3.8, 4) is 0 Å². The quantitative estimate of drug-likeness (QED) is 0.434. The molecular formula is C28H42F2. The van der Waals surface area contributed by atoms with Crippen LogP contribution in [0.1, 0.15) is 115 Å². The second-order valence-electron chi connectivity index (χ2n) is 11.0. The monoisotopic (exact) mass is 416 g/mol. The highest BCUT2D eigenvalue weighted by atomic mass is 19.2. The van der Waals surface area contributed by atoms with Crippen LogP contribution in [0, 0.1) is 41.2 Å². The molecule has 2 heteroatoms. The van der Waals surface area contributed by atoms with Gasteiger partial charge in [-0.1, -0.05) is 64.4 Å². The Labute approximate surface area is 183 Å². The lowest BCUT2D eigenvalue weighted by Crippen LogP contribution is -2.26. The normalized spacial score (nSPS) is 35.3. The zero-order chi connectivity index (χ0) is 20.9. The van der Waals surface area contributed by atoms with E-state index in [4.69, 9.17) is 0 Å². The van der Waals surface area contributed by atoms with Crippen molar-refractivity contribution >= 4 is 0 Å². The van der Waals surface area contributed by atoms with Crippen LogP contribution < -0.4 is 0 Å². The molecule has 1 aromatic rings. The van der Waals surface area contributed by atoms with E-state index in [0.29, 0.717) is 5.92 Å². The van der Waals surface area contributed by atoms with Gasteiger partial charge in [-0.2, -0.15) is 0 Å².